The van der Waals surface area contributed by atoms with E-state index in [-0.39, 0.29) is 0 Å². The third kappa shape index (κ3) is 4.05. The second-order valence-corrected chi connectivity index (χ2v) is 10.1. The van der Waals surface area contributed by atoms with Crippen LogP contribution in [0.1, 0.15) is 0 Å². The molecule has 4 nitrogen and oxygen atoms in total. The van der Waals surface area contributed by atoms with Crippen molar-refractivity contribution in [3.8, 4) is 45.2 Å². The third-order valence-corrected chi connectivity index (χ3v) is 7.48. The largest absolute Gasteiger partial charge is 0.455 e. The van der Waals surface area contributed by atoms with Crippen molar-refractivity contribution in [1.29, 1.82) is 0 Å². The molecule has 0 radical (unpaired) electrons. The maximum atomic E-state index is 6.46. The van der Waals surface area contributed by atoms with Gasteiger partial charge in [0.05, 0.1) is 28.0 Å². The van der Waals surface area contributed by atoms with Crippen molar-refractivity contribution in [2.45, 2.75) is 0 Å². The molecule has 4 heteroatoms. The first-order chi connectivity index (χ1) is 20.3. The van der Waals surface area contributed by atoms with Crippen LogP contribution in [0.4, 0.5) is 0 Å². The summed E-state index contributed by atoms with van der Waals surface area (Å²) < 4.78 is 6.46. The molecular weight excluding hydrogens is 502 g/mol. The number of fused-ring (bicyclic) bond motifs is 5. The Labute approximate surface area is 236 Å². The first-order valence-corrected chi connectivity index (χ1v) is 13.6. The Morgan fingerprint density at radius 1 is 0.439 bits per heavy atom. The van der Waals surface area contributed by atoms with Gasteiger partial charge in [-0.1, -0.05) is 115 Å². The van der Waals surface area contributed by atoms with Gasteiger partial charge in [0.2, 0.25) is 0 Å². The predicted molar refractivity (Wildman–Crippen MR) is 166 cm³/mol. The number of pyridine rings is 1. The van der Waals surface area contributed by atoms with Crippen molar-refractivity contribution >= 4 is 32.8 Å². The quantitative estimate of drug-likeness (QED) is 0.230. The smallest absolute Gasteiger partial charge is 0.160 e. The van der Waals surface area contributed by atoms with Crippen LogP contribution in [0.2, 0.25) is 0 Å². The number of hydrogen-bond acceptors (Lipinski definition) is 4. The van der Waals surface area contributed by atoms with Crippen LogP contribution in [0, 0.1) is 0 Å². The Kier molecular flexibility index (Phi) is 5.42. The normalized spacial score (nSPS) is 11.4. The van der Waals surface area contributed by atoms with Gasteiger partial charge in [-0.05, 0) is 24.3 Å². The number of aromatic nitrogens is 3. The highest BCUT2D eigenvalue weighted by Gasteiger charge is 2.18. The Hall–Kier alpha value is -5.61. The van der Waals surface area contributed by atoms with Crippen molar-refractivity contribution < 1.29 is 4.42 Å². The van der Waals surface area contributed by atoms with Crippen LogP contribution in [-0.4, -0.2) is 15.0 Å². The van der Waals surface area contributed by atoms with Gasteiger partial charge in [-0.15, -0.1) is 0 Å². The molecule has 0 aliphatic heterocycles. The Morgan fingerprint density at radius 3 is 1.78 bits per heavy atom. The van der Waals surface area contributed by atoms with E-state index in [0.717, 1.165) is 72.2 Å². The zero-order chi connectivity index (χ0) is 27.2. The minimum atomic E-state index is 0.688. The zero-order valence-corrected chi connectivity index (χ0v) is 22.0. The van der Waals surface area contributed by atoms with E-state index in [1.807, 2.05) is 84.9 Å². The number of furan rings is 1. The molecule has 0 fully saturated rings. The van der Waals surface area contributed by atoms with E-state index in [1.165, 1.54) is 0 Å². The van der Waals surface area contributed by atoms with Gasteiger partial charge >= 0.3 is 0 Å². The number of hydrogen-bond donors (Lipinski definition) is 0. The molecule has 0 unspecified atom stereocenters. The van der Waals surface area contributed by atoms with E-state index >= 15 is 0 Å². The minimum absolute atomic E-state index is 0.688. The summed E-state index contributed by atoms with van der Waals surface area (Å²) in [5.41, 5.74) is 9.22. The molecule has 0 amide bonds. The first kappa shape index (κ1) is 23.3. The highest BCUT2D eigenvalue weighted by Crippen LogP contribution is 2.40. The molecule has 0 spiro atoms. The van der Waals surface area contributed by atoms with Crippen molar-refractivity contribution in [3.63, 3.8) is 0 Å². The summed E-state index contributed by atoms with van der Waals surface area (Å²) >= 11 is 0. The molecule has 192 valence electrons. The maximum Gasteiger partial charge on any atom is 0.160 e. The van der Waals surface area contributed by atoms with Crippen molar-refractivity contribution in [1.82, 2.24) is 15.0 Å². The Balaban J connectivity index is 1.38. The van der Waals surface area contributed by atoms with Crippen molar-refractivity contribution in [2.24, 2.45) is 0 Å². The van der Waals surface area contributed by atoms with Crippen LogP contribution in [0.3, 0.4) is 0 Å². The van der Waals surface area contributed by atoms with Crippen LogP contribution in [0.5, 0.6) is 0 Å². The van der Waals surface area contributed by atoms with Crippen LogP contribution in [-0.2, 0) is 0 Å². The summed E-state index contributed by atoms with van der Waals surface area (Å²) in [5.74, 6) is 0.688. The standard InChI is InChI=1S/C37H23N3O/c1-4-12-24(13-5-1)30-23-31(40-37(39-30)26-16-8-3-9-17-26)27-20-21-28-32(22-27)38-35(25-14-6-2-7-15-25)34-29-18-10-11-19-33(29)41-36(28)34/h1-23H. The second-order valence-electron chi connectivity index (χ2n) is 10.1. The molecule has 8 aromatic rings. The van der Waals surface area contributed by atoms with Gasteiger partial charge in [-0.3, -0.25) is 0 Å². The van der Waals surface area contributed by atoms with Crippen LogP contribution in [0.15, 0.2) is 144 Å². The van der Waals surface area contributed by atoms with Gasteiger partial charge in [0, 0.05) is 33.0 Å². The van der Waals surface area contributed by atoms with Crippen LogP contribution < -0.4 is 0 Å². The predicted octanol–water partition coefficient (Wildman–Crippen LogP) is 9.59. The van der Waals surface area contributed by atoms with E-state index < -0.39 is 0 Å². The molecule has 8 rings (SSSR count). The number of rotatable bonds is 4. The summed E-state index contributed by atoms with van der Waals surface area (Å²) in [6.07, 6.45) is 0. The van der Waals surface area contributed by atoms with E-state index in [4.69, 9.17) is 19.4 Å². The van der Waals surface area contributed by atoms with Gasteiger partial charge in [0.15, 0.2) is 5.82 Å². The lowest BCUT2D eigenvalue weighted by Gasteiger charge is -2.11. The number of nitrogens with zero attached hydrogens (tertiary/aromatic N) is 3. The van der Waals surface area contributed by atoms with Crippen molar-refractivity contribution in [3.05, 3.63) is 140 Å². The van der Waals surface area contributed by atoms with Crippen LogP contribution in [0.25, 0.3) is 78.0 Å². The lowest BCUT2D eigenvalue weighted by Crippen LogP contribution is -1.96. The van der Waals surface area contributed by atoms with Gasteiger partial charge in [-0.2, -0.15) is 0 Å². The average molecular weight is 526 g/mol. The fourth-order valence-electron chi connectivity index (χ4n) is 5.50. The lowest BCUT2D eigenvalue weighted by atomic mass is 10.0. The molecular formula is C37H23N3O. The summed E-state index contributed by atoms with van der Waals surface area (Å²) in [6.45, 7) is 0. The van der Waals surface area contributed by atoms with Crippen LogP contribution >= 0.6 is 0 Å². The highest BCUT2D eigenvalue weighted by molar-refractivity contribution is 6.19. The van der Waals surface area contributed by atoms with Gasteiger partial charge in [-0.25, -0.2) is 15.0 Å². The topological polar surface area (TPSA) is 51.8 Å². The second kappa shape index (κ2) is 9.54. The van der Waals surface area contributed by atoms with Gasteiger partial charge in [0.25, 0.3) is 0 Å². The Morgan fingerprint density at radius 2 is 1.05 bits per heavy atom. The molecule has 0 N–H and O–H groups in total. The van der Waals surface area contributed by atoms with E-state index in [9.17, 15) is 0 Å². The van der Waals surface area contributed by atoms with Crippen molar-refractivity contribution in [2.75, 3.05) is 0 Å². The number of benzene rings is 5. The molecule has 0 aliphatic rings. The van der Waals surface area contributed by atoms with Gasteiger partial charge in [0.1, 0.15) is 11.2 Å². The molecule has 3 aromatic heterocycles. The molecule has 41 heavy (non-hydrogen) atoms. The molecule has 0 saturated carbocycles. The van der Waals surface area contributed by atoms with E-state index in [2.05, 4.69) is 54.6 Å². The maximum absolute atomic E-state index is 6.46. The molecule has 0 aliphatic carbocycles. The summed E-state index contributed by atoms with van der Waals surface area (Å²) in [6, 6.07) is 47.2. The third-order valence-electron chi connectivity index (χ3n) is 7.48. The molecule has 5 aromatic carbocycles. The SMILES string of the molecule is c1ccc(-c2cc(-c3ccc4c(c3)nc(-c3ccccc3)c3c5ccccc5oc43)nc(-c3ccccc3)n2)cc1. The van der Waals surface area contributed by atoms with E-state index in [1.54, 1.807) is 0 Å². The lowest BCUT2D eigenvalue weighted by molar-refractivity contribution is 0.672. The summed E-state index contributed by atoms with van der Waals surface area (Å²) in [5, 5.41) is 3.07. The zero-order valence-electron chi connectivity index (χ0n) is 22.0. The average Bonchev–Trinajstić information content (AvgIpc) is 3.45. The fraction of sp³-hybridized carbons (Fsp3) is 0. The molecule has 0 atom stereocenters. The molecule has 0 bridgehead atoms. The van der Waals surface area contributed by atoms with E-state index in [0.29, 0.717) is 5.82 Å². The monoisotopic (exact) mass is 525 g/mol. The summed E-state index contributed by atoms with van der Waals surface area (Å²) in [7, 11) is 0. The first-order valence-electron chi connectivity index (χ1n) is 13.6. The Bertz CT molecular complexity index is 2130. The number of para-hydroxylation sites is 1. The summed E-state index contributed by atoms with van der Waals surface area (Å²) in [4.78, 5) is 15.2. The molecule has 3 heterocycles. The minimum Gasteiger partial charge on any atom is -0.455 e. The fourth-order valence-corrected chi connectivity index (χ4v) is 5.50. The van der Waals surface area contributed by atoms with Gasteiger partial charge < -0.3 is 4.42 Å². The highest BCUT2D eigenvalue weighted by atomic mass is 16.3. The molecule has 0 saturated heterocycles.